The third kappa shape index (κ3) is 4.95. The van der Waals surface area contributed by atoms with Gasteiger partial charge in [-0.3, -0.25) is 4.79 Å². The van der Waals surface area contributed by atoms with Crippen molar-refractivity contribution in [3.63, 3.8) is 0 Å². The second-order valence-electron chi connectivity index (χ2n) is 4.74. The molecule has 21 heavy (non-hydrogen) atoms. The van der Waals surface area contributed by atoms with Gasteiger partial charge in [0.25, 0.3) is 0 Å². The van der Waals surface area contributed by atoms with Gasteiger partial charge >= 0.3 is 0 Å². The molecule has 0 aliphatic heterocycles. The van der Waals surface area contributed by atoms with Crippen molar-refractivity contribution in [1.29, 1.82) is 0 Å². The zero-order valence-electron chi connectivity index (χ0n) is 11.6. The molecule has 0 aliphatic rings. The molecule has 0 saturated carbocycles. The lowest BCUT2D eigenvalue weighted by molar-refractivity contribution is -0.115. The predicted molar refractivity (Wildman–Crippen MR) is 85.6 cm³/mol. The maximum atomic E-state index is 12.8. The summed E-state index contributed by atoms with van der Waals surface area (Å²) in [6, 6.07) is 11.8. The molecule has 0 bridgehead atoms. The van der Waals surface area contributed by atoms with E-state index in [1.165, 1.54) is 12.1 Å². The Balaban J connectivity index is 1.79. The quantitative estimate of drug-likeness (QED) is 0.864. The first-order chi connectivity index (χ1) is 10.0. The Morgan fingerprint density at radius 3 is 2.57 bits per heavy atom. The molecule has 0 spiro atoms. The van der Waals surface area contributed by atoms with Gasteiger partial charge in [-0.05, 0) is 48.4 Å². The monoisotopic (exact) mass is 350 g/mol. The summed E-state index contributed by atoms with van der Waals surface area (Å²) in [5.41, 5.74) is 2.76. The van der Waals surface area contributed by atoms with Gasteiger partial charge in [0.1, 0.15) is 5.82 Å². The molecular weight excluding hydrogens is 335 g/mol. The number of nitrogens with one attached hydrogen (secondary N) is 2. The van der Waals surface area contributed by atoms with E-state index in [9.17, 15) is 9.18 Å². The molecule has 0 radical (unpaired) electrons. The predicted octanol–water partition coefficient (Wildman–Crippen LogP) is 3.62. The highest BCUT2D eigenvalue weighted by Gasteiger charge is 2.03. The van der Waals surface area contributed by atoms with Crippen LogP contribution in [0.15, 0.2) is 46.9 Å². The number of aryl methyl sites for hydroxylation is 1. The molecule has 2 N–H and O–H groups in total. The number of halogens is 2. The van der Waals surface area contributed by atoms with Gasteiger partial charge in [0.05, 0.1) is 6.54 Å². The summed E-state index contributed by atoms with van der Waals surface area (Å²) in [6.07, 6.45) is 0. The van der Waals surface area contributed by atoms with Crippen LogP contribution in [0.3, 0.4) is 0 Å². The van der Waals surface area contributed by atoms with E-state index in [0.717, 1.165) is 21.3 Å². The molecule has 0 aromatic heterocycles. The van der Waals surface area contributed by atoms with Crippen LogP contribution in [0.5, 0.6) is 0 Å². The van der Waals surface area contributed by atoms with Crippen molar-refractivity contribution in [2.24, 2.45) is 0 Å². The van der Waals surface area contributed by atoms with Gasteiger partial charge < -0.3 is 10.6 Å². The first-order valence-corrected chi connectivity index (χ1v) is 7.35. The van der Waals surface area contributed by atoms with Crippen LogP contribution >= 0.6 is 15.9 Å². The van der Waals surface area contributed by atoms with Crippen molar-refractivity contribution in [2.45, 2.75) is 13.5 Å². The second-order valence-corrected chi connectivity index (χ2v) is 5.60. The Hall–Kier alpha value is -1.72. The first kappa shape index (κ1) is 15.7. The molecule has 0 unspecified atom stereocenters. The summed E-state index contributed by atoms with van der Waals surface area (Å²) in [6.45, 7) is 2.69. The lowest BCUT2D eigenvalue weighted by Crippen LogP contribution is -2.27. The molecule has 0 heterocycles. The van der Waals surface area contributed by atoms with E-state index in [0.29, 0.717) is 6.54 Å². The number of amides is 1. The number of anilines is 1. The third-order valence-corrected chi connectivity index (χ3v) is 3.86. The van der Waals surface area contributed by atoms with Gasteiger partial charge in [0, 0.05) is 16.7 Å². The topological polar surface area (TPSA) is 41.1 Å². The van der Waals surface area contributed by atoms with E-state index in [-0.39, 0.29) is 18.3 Å². The normalized spacial score (nSPS) is 10.4. The summed E-state index contributed by atoms with van der Waals surface area (Å²) < 4.78 is 13.8. The zero-order valence-corrected chi connectivity index (χ0v) is 13.2. The Labute approximate surface area is 131 Å². The molecule has 2 rings (SSSR count). The van der Waals surface area contributed by atoms with Crippen molar-refractivity contribution in [3.8, 4) is 0 Å². The SMILES string of the molecule is Cc1cc(NC(=O)CNCc2ccc(F)cc2)ccc1Br. The van der Waals surface area contributed by atoms with Gasteiger partial charge in [0.2, 0.25) is 5.91 Å². The molecule has 3 nitrogen and oxygen atoms in total. The number of hydrogen-bond acceptors (Lipinski definition) is 2. The number of benzene rings is 2. The molecule has 0 aliphatic carbocycles. The standard InChI is InChI=1S/C16H16BrFN2O/c1-11-8-14(6-7-15(11)17)20-16(21)10-19-9-12-2-4-13(18)5-3-12/h2-8,19H,9-10H2,1H3,(H,20,21). The Bertz CT molecular complexity index is 629. The fourth-order valence-electron chi connectivity index (χ4n) is 1.85. The van der Waals surface area contributed by atoms with Gasteiger partial charge in [-0.25, -0.2) is 4.39 Å². The van der Waals surface area contributed by atoms with Crippen LogP contribution in [0, 0.1) is 12.7 Å². The maximum Gasteiger partial charge on any atom is 0.238 e. The van der Waals surface area contributed by atoms with Crippen molar-refractivity contribution in [2.75, 3.05) is 11.9 Å². The van der Waals surface area contributed by atoms with E-state index < -0.39 is 0 Å². The minimum Gasteiger partial charge on any atom is -0.325 e. The average molecular weight is 351 g/mol. The van der Waals surface area contributed by atoms with Gasteiger partial charge in [-0.15, -0.1) is 0 Å². The number of rotatable bonds is 5. The summed E-state index contributed by atoms with van der Waals surface area (Å²) >= 11 is 3.42. The fraction of sp³-hybridized carbons (Fsp3) is 0.188. The molecular formula is C16H16BrFN2O. The smallest absolute Gasteiger partial charge is 0.238 e. The molecule has 1 amide bonds. The van der Waals surface area contributed by atoms with E-state index in [2.05, 4.69) is 26.6 Å². The van der Waals surface area contributed by atoms with Crippen LogP contribution in [-0.2, 0) is 11.3 Å². The Morgan fingerprint density at radius 2 is 1.90 bits per heavy atom. The minimum absolute atomic E-state index is 0.112. The van der Waals surface area contributed by atoms with Gasteiger partial charge in [-0.2, -0.15) is 0 Å². The van der Waals surface area contributed by atoms with Crippen molar-refractivity contribution >= 4 is 27.5 Å². The lowest BCUT2D eigenvalue weighted by Gasteiger charge is -2.08. The van der Waals surface area contributed by atoms with Crippen LogP contribution in [0.1, 0.15) is 11.1 Å². The average Bonchev–Trinajstić information content (AvgIpc) is 2.45. The maximum absolute atomic E-state index is 12.8. The van der Waals surface area contributed by atoms with Crippen LogP contribution in [-0.4, -0.2) is 12.5 Å². The highest BCUT2D eigenvalue weighted by Crippen LogP contribution is 2.19. The second kappa shape index (κ2) is 7.33. The summed E-state index contributed by atoms with van der Waals surface area (Å²) in [7, 11) is 0. The minimum atomic E-state index is -0.262. The van der Waals surface area contributed by atoms with Crippen molar-refractivity contribution < 1.29 is 9.18 Å². The van der Waals surface area contributed by atoms with Crippen molar-refractivity contribution in [1.82, 2.24) is 5.32 Å². The fourth-order valence-corrected chi connectivity index (χ4v) is 2.10. The Morgan fingerprint density at radius 1 is 1.19 bits per heavy atom. The third-order valence-electron chi connectivity index (χ3n) is 2.97. The molecule has 5 heteroatoms. The first-order valence-electron chi connectivity index (χ1n) is 6.56. The molecule has 0 fully saturated rings. The summed E-state index contributed by atoms with van der Waals surface area (Å²) in [4.78, 5) is 11.8. The van der Waals surface area contributed by atoms with E-state index in [4.69, 9.17) is 0 Å². The zero-order chi connectivity index (χ0) is 15.2. The van der Waals surface area contributed by atoms with Crippen LogP contribution in [0.2, 0.25) is 0 Å². The van der Waals surface area contributed by atoms with E-state index >= 15 is 0 Å². The van der Waals surface area contributed by atoms with Crippen molar-refractivity contribution in [3.05, 3.63) is 63.9 Å². The number of hydrogen-bond donors (Lipinski definition) is 2. The summed E-state index contributed by atoms with van der Waals surface area (Å²) in [5.74, 6) is -0.374. The van der Waals surface area contributed by atoms with E-state index in [1.54, 1.807) is 12.1 Å². The van der Waals surface area contributed by atoms with Crippen LogP contribution < -0.4 is 10.6 Å². The van der Waals surface area contributed by atoms with Crippen LogP contribution in [0.4, 0.5) is 10.1 Å². The van der Waals surface area contributed by atoms with Gasteiger partial charge in [0.15, 0.2) is 0 Å². The lowest BCUT2D eigenvalue weighted by atomic mass is 10.2. The largest absolute Gasteiger partial charge is 0.325 e. The molecule has 2 aromatic rings. The molecule has 0 saturated heterocycles. The molecule has 0 atom stereocenters. The molecule has 2 aromatic carbocycles. The highest BCUT2D eigenvalue weighted by atomic mass is 79.9. The highest BCUT2D eigenvalue weighted by molar-refractivity contribution is 9.10. The Kier molecular flexibility index (Phi) is 5.47. The number of carbonyl (C=O) groups is 1. The van der Waals surface area contributed by atoms with Gasteiger partial charge in [-0.1, -0.05) is 28.1 Å². The van der Waals surface area contributed by atoms with Crippen LogP contribution in [0.25, 0.3) is 0 Å². The van der Waals surface area contributed by atoms with E-state index in [1.807, 2.05) is 25.1 Å². The number of carbonyl (C=O) groups excluding carboxylic acids is 1. The molecule has 110 valence electrons. The summed E-state index contributed by atoms with van der Waals surface area (Å²) in [5, 5.41) is 5.85.